The standard InChI is InChI=1S/C23H30N2O4/c1-28-23(27)19-8-5-9-22(14-19)29-17-21(26)15-24-20-10-12-25(13-11-20)16-18-6-3-2-4-7-18/h2-9,14,20-21,24,26H,10-13,15-17H2,1H3/p+2/t21-/m0/s1. The van der Waals surface area contributed by atoms with Gasteiger partial charge in [0.15, 0.2) is 0 Å². The van der Waals surface area contributed by atoms with E-state index in [4.69, 9.17) is 9.47 Å². The summed E-state index contributed by atoms with van der Waals surface area (Å²) in [6, 6.07) is 18.0. The third-order valence-corrected chi connectivity index (χ3v) is 5.47. The molecule has 0 aromatic heterocycles. The average Bonchev–Trinajstić information content (AvgIpc) is 2.77. The summed E-state index contributed by atoms with van der Waals surface area (Å²) in [5, 5.41) is 12.5. The third-order valence-electron chi connectivity index (χ3n) is 5.47. The third kappa shape index (κ3) is 6.85. The Morgan fingerprint density at radius 1 is 1.17 bits per heavy atom. The number of carbonyl (C=O) groups excluding carboxylic acids is 1. The summed E-state index contributed by atoms with van der Waals surface area (Å²) >= 11 is 0. The maximum Gasteiger partial charge on any atom is 0.337 e. The van der Waals surface area contributed by atoms with Crippen LogP contribution in [0.25, 0.3) is 0 Å². The van der Waals surface area contributed by atoms with E-state index in [1.807, 2.05) is 0 Å². The van der Waals surface area contributed by atoms with Gasteiger partial charge in [0.05, 0.1) is 31.8 Å². The zero-order valence-electron chi connectivity index (χ0n) is 17.0. The Bertz CT molecular complexity index is 760. The molecule has 6 nitrogen and oxygen atoms in total. The molecule has 2 aromatic carbocycles. The second-order valence-electron chi connectivity index (χ2n) is 7.71. The zero-order chi connectivity index (χ0) is 20.5. The van der Waals surface area contributed by atoms with Gasteiger partial charge in [0.2, 0.25) is 0 Å². The number of likely N-dealkylation sites (tertiary alicyclic amines) is 1. The highest BCUT2D eigenvalue weighted by atomic mass is 16.5. The smallest absolute Gasteiger partial charge is 0.337 e. The molecule has 0 spiro atoms. The molecule has 2 aromatic rings. The Hall–Kier alpha value is -2.41. The van der Waals surface area contributed by atoms with E-state index in [-0.39, 0.29) is 6.61 Å². The fourth-order valence-electron chi connectivity index (χ4n) is 3.79. The maximum absolute atomic E-state index is 11.6. The number of quaternary nitrogens is 2. The first-order valence-corrected chi connectivity index (χ1v) is 10.3. The molecule has 0 bridgehead atoms. The largest absolute Gasteiger partial charge is 0.491 e. The molecular weight excluding hydrogens is 368 g/mol. The molecular formula is C23H32N2O4+2. The van der Waals surface area contributed by atoms with Gasteiger partial charge in [-0.1, -0.05) is 36.4 Å². The predicted octanol–water partition coefficient (Wildman–Crippen LogP) is 0.0238. The van der Waals surface area contributed by atoms with E-state index in [0.717, 1.165) is 19.4 Å². The lowest BCUT2D eigenvalue weighted by atomic mass is 10.0. The predicted molar refractivity (Wildman–Crippen MR) is 110 cm³/mol. The number of piperidine rings is 1. The van der Waals surface area contributed by atoms with E-state index in [1.54, 1.807) is 29.2 Å². The van der Waals surface area contributed by atoms with Gasteiger partial charge in [-0.25, -0.2) is 4.79 Å². The number of aliphatic hydroxyl groups excluding tert-OH is 1. The SMILES string of the molecule is COC(=O)c1cccc(OC[C@@H](O)C[NH2+]C2CC[NH+](Cc3ccccc3)CC2)c1. The van der Waals surface area contributed by atoms with Crippen molar-refractivity contribution >= 4 is 5.97 Å². The van der Waals surface area contributed by atoms with E-state index >= 15 is 0 Å². The Morgan fingerprint density at radius 2 is 1.93 bits per heavy atom. The van der Waals surface area contributed by atoms with Gasteiger partial charge in [0.1, 0.15) is 31.5 Å². The molecule has 0 saturated carbocycles. The Kier molecular flexibility index (Phi) is 8.04. The van der Waals surface area contributed by atoms with Crippen molar-refractivity contribution in [3.63, 3.8) is 0 Å². The van der Waals surface area contributed by atoms with Crippen LogP contribution in [0.5, 0.6) is 5.75 Å². The quantitative estimate of drug-likeness (QED) is 0.519. The summed E-state index contributed by atoms with van der Waals surface area (Å²) in [4.78, 5) is 13.2. The number of benzene rings is 2. The van der Waals surface area contributed by atoms with Crippen LogP contribution in [0, 0.1) is 0 Å². The van der Waals surface area contributed by atoms with Crippen LogP contribution in [0.1, 0.15) is 28.8 Å². The van der Waals surface area contributed by atoms with Gasteiger partial charge in [-0.3, -0.25) is 0 Å². The lowest BCUT2D eigenvalue weighted by Gasteiger charge is -2.28. The Labute approximate surface area is 172 Å². The molecule has 1 atom stereocenters. The second kappa shape index (κ2) is 11.0. The normalized spacial score (nSPS) is 20.1. The van der Waals surface area contributed by atoms with E-state index in [9.17, 15) is 9.90 Å². The molecule has 1 aliphatic heterocycles. The molecule has 1 aliphatic rings. The van der Waals surface area contributed by atoms with E-state index in [1.165, 1.54) is 25.8 Å². The first-order valence-electron chi connectivity index (χ1n) is 10.3. The van der Waals surface area contributed by atoms with Gasteiger partial charge < -0.3 is 24.8 Å². The van der Waals surface area contributed by atoms with Crippen LogP contribution in [-0.2, 0) is 11.3 Å². The van der Waals surface area contributed by atoms with E-state index in [0.29, 0.717) is 23.9 Å². The molecule has 29 heavy (non-hydrogen) atoms. The van der Waals surface area contributed by atoms with Crippen LogP contribution in [0.3, 0.4) is 0 Å². The number of nitrogens with two attached hydrogens (primary N) is 1. The van der Waals surface area contributed by atoms with Gasteiger partial charge in [-0.2, -0.15) is 0 Å². The molecule has 156 valence electrons. The van der Waals surface area contributed by atoms with Crippen molar-refractivity contribution in [1.29, 1.82) is 0 Å². The Morgan fingerprint density at radius 3 is 2.66 bits per heavy atom. The molecule has 1 fully saturated rings. The van der Waals surface area contributed by atoms with Crippen molar-refractivity contribution in [3.8, 4) is 5.75 Å². The highest BCUT2D eigenvalue weighted by Gasteiger charge is 2.25. The number of methoxy groups -OCH3 is 1. The summed E-state index contributed by atoms with van der Waals surface area (Å²) in [5.41, 5.74) is 1.84. The maximum atomic E-state index is 11.6. The molecule has 1 saturated heterocycles. The van der Waals surface area contributed by atoms with E-state index < -0.39 is 12.1 Å². The van der Waals surface area contributed by atoms with Gasteiger partial charge in [0, 0.05) is 18.4 Å². The number of rotatable bonds is 9. The minimum atomic E-state index is -0.550. The molecule has 1 heterocycles. The molecule has 0 radical (unpaired) electrons. The summed E-state index contributed by atoms with van der Waals surface area (Å²) in [7, 11) is 1.35. The topological polar surface area (TPSA) is 76.8 Å². The molecule has 6 heteroatoms. The second-order valence-corrected chi connectivity index (χ2v) is 7.71. The number of aliphatic hydroxyl groups is 1. The van der Waals surface area contributed by atoms with Crippen molar-refractivity contribution in [2.45, 2.75) is 31.5 Å². The molecule has 0 aliphatic carbocycles. The fourth-order valence-corrected chi connectivity index (χ4v) is 3.79. The lowest BCUT2D eigenvalue weighted by Crippen LogP contribution is -3.13. The lowest BCUT2D eigenvalue weighted by molar-refractivity contribution is -0.926. The van der Waals surface area contributed by atoms with Crippen LogP contribution in [0.2, 0.25) is 0 Å². The first kappa shape index (κ1) is 21.3. The van der Waals surface area contributed by atoms with Crippen molar-refractivity contribution < 1.29 is 29.6 Å². The highest BCUT2D eigenvalue weighted by Crippen LogP contribution is 2.14. The number of hydrogen-bond acceptors (Lipinski definition) is 4. The summed E-state index contributed by atoms with van der Waals surface area (Å²) in [6.45, 7) is 4.26. The van der Waals surface area contributed by atoms with Gasteiger partial charge >= 0.3 is 5.97 Å². The van der Waals surface area contributed by atoms with Crippen LogP contribution in [0.4, 0.5) is 0 Å². The highest BCUT2D eigenvalue weighted by molar-refractivity contribution is 5.89. The Balaban J connectivity index is 1.34. The van der Waals surface area contributed by atoms with Crippen LogP contribution >= 0.6 is 0 Å². The van der Waals surface area contributed by atoms with Crippen molar-refractivity contribution in [2.24, 2.45) is 0 Å². The number of nitrogens with one attached hydrogen (secondary N) is 1. The van der Waals surface area contributed by atoms with Gasteiger partial charge in [-0.05, 0) is 18.2 Å². The average molecular weight is 401 g/mol. The summed E-state index contributed by atoms with van der Waals surface area (Å²) in [6.07, 6.45) is 1.78. The summed E-state index contributed by atoms with van der Waals surface area (Å²) in [5.74, 6) is 0.162. The molecule has 3 rings (SSSR count). The monoisotopic (exact) mass is 400 g/mol. The van der Waals surface area contributed by atoms with Crippen LogP contribution in [-0.4, -0.2) is 56.6 Å². The molecule has 0 amide bonds. The van der Waals surface area contributed by atoms with E-state index in [2.05, 4.69) is 35.6 Å². The van der Waals surface area contributed by atoms with Crippen molar-refractivity contribution in [1.82, 2.24) is 0 Å². The molecule has 4 N–H and O–H groups in total. The van der Waals surface area contributed by atoms with Crippen LogP contribution < -0.4 is 15.0 Å². The molecule has 0 unspecified atom stereocenters. The summed E-state index contributed by atoms with van der Waals surface area (Å²) < 4.78 is 10.4. The number of esters is 1. The number of carbonyl (C=O) groups is 1. The van der Waals surface area contributed by atoms with Crippen molar-refractivity contribution in [3.05, 3.63) is 65.7 Å². The minimum Gasteiger partial charge on any atom is -0.491 e. The van der Waals surface area contributed by atoms with Crippen molar-refractivity contribution in [2.75, 3.05) is 33.4 Å². The fraction of sp³-hybridized carbons (Fsp3) is 0.435. The van der Waals surface area contributed by atoms with Crippen LogP contribution in [0.15, 0.2) is 54.6 Å². The minimum absolute atomic E-state index is 0.208. The van der Waals surface area contributed by atoms with Gasteiger partial charge in [-0.15, -0.1) is 0 Å². The number of hydrogen-bond donors (Lipinski definition) is 3. The first-order chi connectivity index (χ1) is 14.1. The zero-order valence-corrected chi connectivity index (χ0v) is 17.0. The van der Waals surface area contributed by atoms with Gasteiger partial charge in [0.25, 0.3) is 0 Å². The number of ether oxygens (including phenoxy) is 2.